The van der Waals surface area contributed by atoms with E-state index in [2.05, 4.69) is 64.7 Å². The van der Waals surface area contributed by atoms with Crippen LogP contribution in [0.15, 0.2) is 60.9 Å². The van der Waals surface area contributed by atoms with Gasteiger partial charge in [0.25, 0.3) is 5.91 Å². The van der Waals surface area contributed by atoms with Crippen molar-refractivity contribution in [3.63, 3.8) is 0 Å². The first-order valence-corrected chi connectivity index (χ1v) is 10.0. The highest BCUT2D eigenvalue weighted by Gasteiger charge is 2.13. The predicted octanol–water partition coefficient (Wildman–Crippen LogP) is 5.29. The molecule has 2 heterocycles. The number of amides is 1. The van der Waals surface area contributed by atoms with E-state index in [1.54, 1.807) is 12.4 Å². The molecule has 5 heteroatoms. The molecule has 3 aromatic rings. The van der Waals surface area contributed by atoms with Gasteiger partial charge in [-0.25, -0.2) is 0 Å². The Balaban J connectivity index is 1.44. The van der Waals surface area contributed by atoms with Crippen LogP contribution in [0.2, 0.25) is 0 Å². The number of pyridine rings is 1. The third-order valence-electron chi connectivity index (χ3n) is 5.11. The van der Waals surface area contributed by atoms with E-state index in [0.717, 1.165) is 30.2 Å². The van der Waals surface area contributed by atoms with Crippen LogP contribution < -0.4 is 15.5 Å². The molecule has 0 unspecified atom stereocenters. The Morgan fingerprint density at radius 1 is 0.862 bits per heavy atom. The molecular formula is C24H26N4O. The Morgan fingerprint density at radius 3 is 2.24 bits per heavy atom. The van der Waals surface area contributed by atoms with Crippen LogP contribution in [0.4, 0.5) is 22.7 Å². The number of aromatic nitrogens is 1. The summed E-state index contributed by atoms with van der Waals surface area (Å²) >= 11 is 0. The maximum absolute atomic E-state index is 12.7. The van der Waals surface area contributed by atoms with Crippen LogP contribution in [0, 0.1) is 13.8 Å². The summed E-state index contributed by atoms with van der Waals surface area (Å²) in [5.41, 5.74) is 6.65. The van der Waals surface area contributed by atoms with Gasteiger partial charge in [0.2, 0.25) is 0 Å². The molecule has 2 N–H and O–H groups in total. The number of benzene rings is 2. The maximum atomic E-state index is 12.7. The van der Waals surface area contributed by atoms with Gasteiger partial charge in [0.15, 0.2) is 0 Å². The topological polar surface area (TPSA) is 57.3 Å². The van der Waals surface area contributed by atoms with Gasteiger partial charge in [-0.15, -0.1) is 0 Å². The molecule has 0 radical (unpaired) electrons. The van der Waals surface area contributed by atoms with Crippen molar-refractivity contribution >= 4 is 28.7 Å². The summed E-state index contributed by atoms with van der Waals surface area (Å²) in [6, 6.07) is 16.1. The van der Waals surface area contributed by atoms with E-state index in [9.17, 15) is 4.79 Å². The van der Waals surface area contributed by atoms with Gasteiger partial charge in [0.05, 0.1) is 17.4 Å². The van der Waals surface area contributed by atoms with Gasteiger partial charge >= 0.3 is 0 Å². The first-order valence-electron chi connectivity index (χ1n) is 10.0. The van der Waals surface area contributed by atoms with E-state index in [-0.39, 0.29) is 5.91 Å². The van der Waals surface area contributed by atoms with Crippen molar-refractivity contribution in [1.29, 1.82) is 0 Å². The third kappa shape index (κ3) is 4.74. The molecule has 1 aliphatic rings. The minimum atomic E-state index is -0.171. The number of nitrogens with zero attached hydrogens (tertiary/aromatic N) is 2. The highest BCUT2D eigenvalue weighted by atomic mass is 16.1. The Kier molecular flexibility index (Phi) is 5.47. The lowest BCUT2D eigenvalue weighted by molar-refractivity contribution is 0.102. The van der Waals surface area contributed by atoms with E-state index in [1.165, 1.54) is 29.7 Å². The van der Waals surface area contributed by atoms with Gasteiger partial charge in [0.1, 0.15) is 0 Å². The van der Waals surface area contributed by atoms with Crippen LogP contribution in [0.3, 0.4) is 0 Å². The highest BCUT2D eigenvalue weighted by molar-refractivity contribution is 6.04. The first-order chi connectivity index (χ1) is 14.1. The largest absolute Gasteiger partial charge is 0.372 e. The number of carbonyl (C=O) groups is 1. The number of anilines is 4. The fourth-order valence-corrected chi connectivity index (χ4v) is 3.78. The quantitative estimate of drug-likeness (QED) is 0.625. The zero-order chi connectivity index (χ0) is 20.2. The van der Waals surface area contributed by atoms with E-state index >= 15 is 0 Å². The van der Waals surface area contributed by atoms with Crippen molar-refractivity contribution in [2.45, 2.75) is 26.7 Å². The molecule has 1 fully saturated rings. The van der Waals surface area contributed by atoms with Crippen LogP contribution in [0.5, 0.6) is 0 Å². The zero-order valence-electron chi connectivity index (χ0n) is 16.9. The van der Waals surface area contributed by atoms with E-state index in [1.807, 2.05) is 18.2 Å². The van der Waals surface area contributed by atoms with Crippen molar-refractivity contribution in [2.24, 2.45) is 0 Å². The van der Waals surface area contributed by atoms with Gasteiger partial charge in [-0.1, -0.05) is 6.07 Å². The molecule has 0 bridgehead atoms. The van der Waals surface area contributed by atoms with Crippen molar-refractivity contribution in [2.75, 3.05) is 28.6 Å². The van der Waals surface area contributed by atoms with Crippen LogP contribution in [0.25, 0.3) is 0 Å². The molecular weight excluding hydrogens is 360 g/mol. The summed E-state index contributed by atoms with van der Waals surface area (Å²) in [5, 5.41) is 6.30. The second kappa shape index (κ2) is 8.35. The lowest BCUT2D eigenvalue weighted by Crippen LogP contribution is -2.17. The predicted molar refractivity (Wildman–Crippen MR) is 119 cm³/mol. The van der Waals surface area contributed by atoms with Gasteiger partial charge in [-0.3, -0.25) is 9.78 Å². The van der Waals surface area contributed by atoms with Crippen molar-refractivity contribution in [3.8, 4) is 0 Å². The van der Waals surface area contributed by atoms with E-state index in [4.69, 9.17) is 0 Å². The fraction of sp³-hybridized carbons (Fsp3) is 0.250. The number of rotatable bonds is 5. The minimum absolute atomic E-state index is 0.171. The summed E-state index contributed by atoms with van der Waals surface area (Å²) in [6.07, 6.45) is 5.80. The normalized spacial score (nSPS) is 13.4. The highest BCUT2D eigenvalue weighted by Crippen LogP contribution is 2.23. The van der Waals surface area contributed by atoms with Crippen LogP contribution in [-0.2, 0) is 0 Å². The van der Waals surface area contributed by atoms with Crippen LogP contribution in [-0.4, -0.2) is 24.0 Å². The van der Waals surface area contributed by atoms with Gasteiger partial charge < -0.3 is 15.5 Å². The summed E-state index contributed by atoms with van der Waals surface area (Å²) < 4.78 is 0. The van der Waals surface area contributed by atoms with Crippen LogP contribution in [0.1, 0.15) is 34.3 Å². The molecule has 5 nitrogen and oxygen atoms in total. The summed E-state index contributed by atoms with van der Waals surface area (Å²) in [6.45, 7) is 6.35. The molecule has 0 aliphatic carbocycles. The van der Waals surface area contributed by atoms with E-state index in [0.29, 0.717) is 5.56 Å². The zero-order valence-corrected chi connectivity index (χ0v) is 16.9. The number of hydrogen-bond donors (Lipinski definition) is 2. The Hall–Kier alpha value is -3.34. The fourth-order valence-electron chi connectivity index (χ4n) is 3.78. The summed E-state index contributed by atoms with van der Waals surface area (Å²) in [4.78, 5) is 19.3. The molecule has 4 rings (SSSR count). The molecule has 148 valence electrons. The molecule has 0 atom stereocenters. The Morgan fingerprint density at radius 2 is 1.55 bits per heavy atom. The monoisotopic (exact) mass is 386 g/mol. The molecule has 29 heavy (non-hydrogen) atoms. The molecule has 0 saturated carbocycles. The molecule has 1 saturated heterocycles. The maximum Gasteiger partial charge on any atom is 0.257 e. The van der Waals surface area contributed by atoms with Crippen LogP contribution >= 0.6 is 0 Å². The Labute approximate surface area is 171 Å². The van der Waals surface area contributed by atoms with Crippen molar-refractivity contribution in [1.82, 2.24) is 4.98 Å². The molecule has 1 aliphatic heterocycles. The standard InChI is InChI=1S/C24H26N4O/c1-17-11-18(2)13-21(12-17)26-22-14-19(15-25-16-22)24(29)27-20-5-7-23(8-6-20)28-9-3-4-10-28/h5-8,11-16,26H,3-4,9-10H2,1-2H3,(H,27,29). The van der Waals surface area contributed by atoms with Gasteiger partial charge in [-0.05, 0) is 80.3 Å². The minimum Gasteiger partial charge on any atom is -0.372 e. The van der Waals surface area contributed by atoms with Gasteiger partial charge in [0, 0.05) is 36.3 Å². The Bertz CT molecular complexity index is 987. The molecule has 1 aromatic heterocycles. The summed E-state index contributed by atoms with van der Waals surface area (Å²) in [7, 11) is 0. The van der Waals surface area contributed by atoms with E-state index < -0.39 is 0 Å². The number of carbonyl (C=O) groups excluding carboxylic acids is 1. The van der Waals surface area contributed by atoms with Crippen molar-refractivity contribution in [3.05, 3.63) is 77.6 Å². The molecule has 1 amide bonds. The number of nitrogens with one attached hydrogen (secondary N) is 2. The van der Waals surface area contributed by atoms with Crippen molar-refractivity contribution < 1.29 is 4.79 Å². The number of aryl methyl sites for hydroxylation is 2. The second-order valence-corrected chi connectivity index (χ2v) is 7.66. The average Bonchev–Trinajstić information content (AvgIpc) is 3.23. The lowest BCUT2D eigenvalue weighted by atomic mass is 10.1. The third-order valence-corrected chi connectivity index (χ3v) is 5.11. The summed E-state index contributed by atoms with van der Waals surface area (Å²) in [5.74, 6) is -0.171. The second-order valence-electron chi connectivity index (χ2n) is 7.66. The lowest BCUT2D eigenvalue weighted by Gasteiger charge is -2.17. The average molecular weight is 386 g/mol. The number of hydrogen-bond acceptors (Lipinski definition) is 4. The molecule has 0 spiro atoms. The first kappa shape index (κ1) is 19.0. The van der Waals surface area contributed by atoms with Gasteiger partial charge in [-0.2, -0.15) is 0 Å². The smallest absolute Gasteiger partial charge is 0.257 e. The molecule has 2 aromatic carbocycles. The SMILES string of the molecule is Cc1cc(C)cc(Nc2cncc(C(=O)Nc3ccc(N4CCCC4)cc3)c2)c1.